The smallest absolute Gasteiger partial charge is 0.339 e. The molecule has 2 aliphatic carbocycles. The Balaban J connectivity index is 0.000000899. The Bertz CT molecular complexity index is 1460. The standard InChI is InChI=1S/C24H28O4.C9H12O3.C9H14O3.C2H6/c1-16-4-6-18(7-5-16)23(25)15-20-10-13-22(14-17(20)2)28-24(26)19-8-11-21(27-3)12-9-19;1-3-8(10)6-5-7-12-9(11)4-2;1-2-9(11)12-8-6-4-3-5-7-10;1-2/h4,6-8,10,13-14,16,21H,5,9,11-12,15H2,1-3H3;3-4H,1-2,5-7H2;2,7H,1,3-6,8H2;1-2H3. The van der Waals surface area contributed by atoms with Crippen LogP contribution in [0.25, 0.3) is 0 Å². The van der Waals surface area contributed by atoms with Gasteiger partial charge in [-0.3, -0.25) is 9.59 Å². The van der Waals surface area contributed by atoms with Crippen molar-refractivity contribution in [2.45, 2.75) is 104 Å². The second-order valence-electron chi connectivity index (χ2n) is 12.2. The number of carbonyl (C=O) groups is 6. The van der Waals surface area contributed by atoms with Crippen LogP contribution in [0.15, 0.2) is 91.6 Å². The molecule has 0 radical (unpaired) electrons. The van der Waals surface area contributed by atoms with E-state index in [0.29, 0.717) is 56.0 Å². The number of hydrogen-bond donors (Lipinski definition) is 0. The number of aryl methyl sites for hydroxylation is 1. The summed E-state index contributed by atoms with van der Waals surface area (Å²) in [5.74, 6) is -0.0532. The van der Waals surface area contributed by atoms with Crippen molar-refractivity contribution in [1.82, 2.24) is 0 Å². The summed E-state index contributed by atoms with van der Waals surface area (Å²) in [7, 11) is 1.69. The summed E-state index contributed by atoms with van der Waals surface area (Å²) in [6.07, 6.45) is 20.1. The molecule has 0 saturated heterocycles. The molecule has 2 atom stereocenters. The van der Waals surface area contributed by atoms with Crippen LogP contribution in [0, 0.1) is 12.8 Å². The number of benzene rings is 1. The van der Waals surface area contributed by atoms with Crippen LogP contribution < -0.4 is 4.74 Å². The summed E-state index contributed by atoms with van der Waals surface area (Å²) < 4.78 is 20.2. The van der Waals surface area contributed by atoms with Gasteiger partial charge in [0.25, 0.3) is 0 Å². The largest absolute Gasteiger partial charge is 0.463 e. The predicted octanol–water partition coefficient (Wildman–Crippen LogP) is 8.41. The molecular formula is C44H60O10. The zero-order chi connectivity index (χ0) is 40.7. The Morgan fingerprint density at radius 1 is 0.870 bits per heavy atom. The Morgan fingerprint density at radius 3 is 2.06 bits per heavy atom. The first kappa shape index (κ1) is 49.0. The Hall–Kier alpha value is -4.96. The summed E-state index contributed by atoms with van der Waals surface area (Å²) >= 11 is 0. The van der Waals surface area contributed by atoms with Gasteiger partial charge in [-0.25, -0.2) is 14.4 Å². The van der Waals surface area contributed by atoms with Gasteiger partial charge in [-0.05, 0) is 93.5 Å². The third-order valence-corrected chi connectivity index (χ3v) is 8.05. The second-order valence-corrected chi connectivity index (χ2v) is 12.2. The van der Waals surface area contributed by atoms with Crippen molar-refractivity contribution in [2.75, 3.05) is 20.3 Å². The van der Waals surface area contributed by atoms with E-state index in [1.165, 1.54) is 6.08 Å². The molecule has 1 aromatic carbocycles. The number of ether oxygens (including phenoxy) is 4. The van der Waals surface area contributed by atoms with E-state index in [1.807, 2.05) is 51.1 Å². The number of esters is 3. The van der Waals surface area contributed by atoms with Gasteiger partial charge >= 0.3 is 17.9 Å². The highest BCUT2D eigenvalue weighted by Gasteiger charge is 2.20. The summed E-state index contributed by atoms with van der Waals surface area (Å²) in [4.78, 5) is 66.4. The Morgan fingerprint density at radius 2 is 1.54 bits per heavy atom. The van der Waals surface area contributed by atoms with E-state index in [-0.39, 0.29) is 36.2 Å². The first-order valence-corrected chi connectivity index (χ1v) is 18.6. The minimum absolute atomic E-state index is 0.0374. The summed E-state index contributed by atoms with van der Waals surface area (Å²) in [6.45, 7) is 18.6. The van der Waals surface area contributed by atoms with Crippen LogP contribution in [0.2, 0.25) is 0 Å². The molecule has 54 heavy (non-hydrogen) atoms. The van der Waals surface area contributed by atoms with Crippen LogP contribution in [-0.2, 0) is 49.4 Å². The van der Waals surface area contributed by atoms with Gasteiger partial charge in [0.05, 0.1) is 19.3 Å². The maximum absolute atomic E-state index is 12.5. The van der Waals surface area contributed by atoms with Gasteiger partial charge in [0.1, 0.15) is 12.0 Å². The van der Waals surface area contributed by atoms with Gasteiger partial charge in [0.2, 0.25) is 0 Å². The molecule has 0 aromatic heterocycles. The van der Waals surface area contributed by atoms with Crippen LogP contribution in [0.5, 0.6) is 5.75 Å². The molecular weight excluding hydrogens is 688 g/mol. The summed E-state index contributed by atoms with van der Waals surface area (Å²) in [6, 6.07) is 5.47. The van der Waals surface area contributed by atoms with E-state index in [1.54, 1.807) is 13.2 Å². The number of methoxy groups -OCH3 is 1. The van der Waals surface area contributed by atoms with Crippen molar-refractivity contribution < 1.29 is 47.7 Å². The molecule has 1 aromatic rings. The lowest BCUT2D eigenvalue weighted by atomic mass is 9.93. The van der Waals surface area contributed by atoms with E-state index in [9.17, 15) is 28.8 Å². The second kappa shape index (κ2) is 30.5. The number of carbonyl (C=O) groups excluding carboxylic acids is 6. The first-order valence-electron chi connectivity index (χ1n) is 18.6. The third-order valence-electron chi connectivity index (χ3n) is 8.05. The molecule has 0 saturated carbocycles. The minimum Gasteiger partial charge on any atom is -0.463 e. The summed E-state index contributed by atoms with van der Waals surface area (Å²) in [5, 5.41) is 0. The zero-order valence-electron chi connectivity index (χ0n) is 32.9. The number of ketones is 2. The van der Waals surface area contributed by atoms with Gasteiger partial charge < -0.3 is 23.7 Å². The number of unbranched alkanes of at least 4 members (excludes halogenated alkanes) is 3. The molecule has 3 rings (SSSR count). The van der Waals surface area contributed by atoms with Crippen molar-refractivity contribution >= 4 is 35.8 Å². The molecule has 0 bridgehead atoms. The maximum atomic E-state index is 12.5. The van der Waals surface area contributed by atoms with Crippen LogP contribution in [0.4, 0.5) is 0 Å². The average Bonchev–Trinajstić information content (AvgIpc) is 3.20. The molecule has 2 unspecified atom stereocenters. The fourth-order valence-electron chi connectivity index (χ4n) is 4.84. The van der Waals surface area contributed by atoms with E-state index < -0.39 is 5.97 Å². The van der Waals surface area contributed by atoms with Gasteiger partial charge in [0, 0.05) is 49.7 Å². The Kier molecular flexibility index (Phi) is 27.7. The highest BCUT2D eigenvalue weighted by atomic mass is 16.5. The SMILES string of the molecule is C=CC(=O)CCCOC(=O)C=C.C=CC(=O)OCCCCCC=O.CC.COC1CC=C(C(=O)Oc2ccc(CC(=O)C3=CCC(C)C=C3)c(C)c2)CC1. The highest BCUT2D eigenvalue weighted by Crippen LogP contribution is 2.25. The molecule has 0 fully saturated rings. The maximum Gasteiger partial charge on any atom is 0.339 e. The number of allylic oxidation sites excluding steroid dienone is 5. The minimum atomic E-state index is -0.457. The lowest BCUT2D eigenvalue weighted by Crippen LogP contribution is -2.19. The lowest BCUT2D eigenvalue weighted by Gasteiger charge is -2.19. The van der Waals surface area contributed by atoms with Gasteiger partial charge in [-0.15, -0.1) is 0 Å². The van der Waals surface area contributed by atoms with Crippen molar-refractivity contribution in [2.24, 2.45) is 5.92 Å². The van der Waals surface area contributed by atoms with Gasteiger partial charge in [0.15, 0.2) is 11.6 Å². The Labute approximate surface area is 322 Å². The monoisotopic (exact) mass is 748 g/mol. The topological polar surface area (TPSA) is 139 Å². The van der Waals surface area contributed by atoms with Gasteiger partial charge in [-0.1, -0.05) is 70.9 Å². The molecule has 2 aliphatic rings. The molecule has 296 valence electrons. The molecule has 10 nitrogen and oxygen atoms in total. The molecule has 0 aliphatic heterocycles. The van der Waals surface area contributed by atoms with Crippen molar-refractivity contribution in [3.05, 3.63) is 103 Å². The highest BCUT2D eigenvalue weighted by molar-refractivity contribution is 5.99. The van der Waals surface area contributed by atoms with Crippen molar-refractivity contribution in [3.63, 3.8) is 0 Å². The fraction of sp³-hybridized carbons (Fsp3) is 0.455. The quantitative estimate of drug-likeness (QED) is 0.0445. The number of aldehydes is 1. The van der Waals surface area contributed by atoms with E-state index in [0.717, 1.165) is 73.7 Å². The number of hydrogen-bond acceptors (Lipinski definition) is 10. The summed E-state index contributed by atoms with van der Waals surface area (Å²) in [5.41, 5.74) is 3.39. The van der Waals surface area contributed by atoms with E-state index in [2.05, 4.69) is 37.5 Å². The van der Waals surface area contributed by atoms with Crippen LogP contribution in [0.1, 0.15) is 96.1 Å². The zero-order valence-corrected chi connectivity index (χ0v) is 32.9. The predicted molar refractivity (Wildman–Crippen MR) is 212 cm³/mol. The van der Waals surface area contributed by atoms with E-state index >= 15 is 0 Å². The molecule has 10 heteroatoms. The molecule has 0 amide bonds. The normalized spacial score (nSPS) is 15.3. The van der Waals surface area contributed by atoms with Crippen molar-refractivity contribution in [3.8, 4) is 5.75 Å². The first-order chi connectivity index (χ1) is 26.0. The number of Topliss-reactive ketones (excluding diaryl/α,β-unsaturated/α-hetero) is 1. The average molecular weight is 749 g/mol. The van der Waals surface area contributed by atoms with E-state index in [4.69, 9.17) is 14.2 Å². The number of rotatable bonds is 19. The molecule has 0 heterocycles. The van der Waals surface area contributed by atoms with Crippen LogP contribution in [-0.4, -0.2) is 62.2 Å². The van der Waals surface area contributed by atoms with Crippen LogP contribution >= 0.6 is 0 Å². The molecule has 0 N–H and O–H groups in total. The molecule has 0 spiro atoms. The van der Waals surface area contributed by atoms with Gasteiger partial charge in [-0.2, -0.15) is 0 Å². The van der Waals surface area contributed by atoms with Crippen LogP contribution in [0.3, 0.4) is 0 Å². The van der Waals surface area contributed by atoms with Crippen molar-refractivity contribution in [1.29, 1.82) is 0 Å². The fourth-order valence-corrected chi connectivity index (χ4v) is 4.84. The third kappa shape index (κ3) is 22.2. The lowest BCUT2D eigenvalue weighted by molar-refractivity contribution is -0.138.